The number of rotatable bonds is 4. The highest BCUT2D eigenvalue weighted by molar-refractivity contribution is 6.34. The zero-order valence-electron chi connectivity index (χ0n) is 19.9. The molecule has 2 heterocycles. The summed E-state index contributed by atoms with van der Waals surface area (Å²) in [7, 11) is 0. The van der Waals surface area contributed by atoms with Gasteiger partial charge in [0.25, 0.3) is 0 Å². The van der Waals surface area contributed by atoms with Gasteiger partial charge in [0.2, 0.25) is 5.95 Å². The van der Waals surface area contributed by atoms with Gasteiger partial charge in [-0.2, -0.15) is 5.10 Å². The second-order valence-electron chi connectivity index (χ2n) is 9.02. The molecule has 37 heavy (non-hydrogen) atoms. The summed E-state index contributed by atoms with van der Waals surface area (Å²) < 4.78 is 14.9. The maximum Gasteiger partial charge on any atom is 0.247 e. The SMILES string of the molecule is Cc1ccc(C2CC(c3c(F)cccc3Cl)=NN2c2nc(-c3ccccc3)c3ccc(Cl)cc3n2)cc1. The minimum Gasteiger partial charge on any atom is -0.223 e. The van der Waals surface area contributed by atoms with Crippen molar-refractivity contribution >= 4 is 45.8 Å². The average molecular weight is 527 g/mol. The van der Waals surface area contributed by atoms with Crippen molar-refractivity contribution in [3.8, 4) is 11.3 Å². The number of hydrogen-bond donors (Lipinski definition) is 0. The minimum atomic E-state index is -0.410. The Balaban J connectivity index is 1.57. The van der Waals surface area contributed by atoms with Gasteiger partial charge < -0.3 is 0 Å². The van der Waals surface area contributed by atoms with E-state index in [1.54, 1.807) is 17.1 Å². The van der Waals surface area contributed by atoms with Gasteiger partial charge >= 0.3 is 0 Å². The fourth-order valence-corrected chi connectivity index (χ4v) is 5.11. The molecule has 0 N–H and O–H groups in total. The van der Waals surface area contributed by atoms with E-state index in [2.05, 4.69) is 24.3 Å². The Bertz CT molecular complexity index is 1630. The zero-order valence-corrected chi connectivity index (χ0v) is 21.4. The molecule has 1 aliphatic heterocycles. The maximum absolute atomic E-state index is 14.9. The Morgan fingerprint density at radius 3 is 2.41 bits per heavy atom. The lowest BCUT2D eigenvalue weighted by molar-refractivity contribution is 0.624. The number of aryl methyl sites for hydroxylation is 1. The lowest BCUT2D eigenvalue weighted by Gasteiger charge is -2.23. The third-order valence-corrected chi connectivity index (χ3v) is 7.07. The standard InChI is InChI=1S/C30H21Cl2FN4/c1-18-10-12-19(13-11-18)27-17-26(28-23(32)8-5-9-24(28)33)36-37(27)30-34-25-16-21(31)14-15-22(25)29(35-30)20-6-3-2-4-7-20/h2-16,27H,17H2,1H3. The molecule has 0 spiro atoms. The Morgan fingerprint density at radius 2 is 1.65 bits per heavy atom. The molecular weight excluding hydrogens is 506 g/mol. The number of hydrogen-bond acceptors (Lipinski definition) is 4. The third kappa shape index (κ3) is 4.45. The van der Waals surface area contributed by atoms with Gasteiger partial charge in [-0.1, -0.05) is 89.4 Å². The Hall–Kier alpha value is -3.80. The molecule has 1 aliphatic rings. The molecule has 0 saturated carbocycles. The van der Waals surface area contributed by atoms with Crippen LogP contribution in [0.5, 0.6) is 0 Å². The van der Waals surface area contributed by atoms with Crippen LogP contribution >= 0.6 is 23.2 Å². The zero-order chi connectivity index (χ0) is 25.5. The first-order chi connectivity index (χ1) is 18.0. The second kappa shape index (κ2) is 9.58. The van der Waals surface area contributed by atoms with Gasteiger partial charge in [0.1, 0.15) is 5.82 Å². The molecular formula is C30H21Cl2FN4. The smallest absolute Gasteiger partial charge is 0.223 e. The van der Waals surface area contributed by atoms with Gasteiger partial charge in [0.15, 0.2) is 0 Å². The van der Waals surface area contributed by atoms with Gasteiger partial charge in [0, 0.05) is 22.4 Å². The molecule has 6 rings (SSSR count). The number of anilines is 1. The molecule has 0 bridgehead atoms. The van der Waals surface area contributed by atoms with Gasteiger partial charge in [0.05, 0.1) is 33.6 Å². The van der Waals surface area contributed by atoms with Crippen LogP contribution in [0, 0.1) is 12.7 Å². The van der Waals surface area contributed by atoms with Crippen LogP contribution in [0.15, 0.2) is 96.1 Å². The number of nitrogens with zero attached hydrogens (tertiary/aromatic N) is 4. The largest absolute Gasteiger partial charge is 0.247 e. The van der Waals surface area contributed by atoms with Crippen molar-refractivity contribution in [3.05, 3.63) is 124 Å². The first kappa shape index (κ1) is 23.6. The van der Waals surface area contributed by atoms with Crippen LogP contribution in [0.4, 0.5) is 10.3 Å². The molecule has 1 unspecified atom stereocenters. The predicted octanol–water partition coefficient (Wildman–Crippen LogP) is 8.41. The summed E-state index contributed by atoms with van der Waals surface area (Å²) in [5.74, 6) is -0.00593. The normalized spacial score (nSPS) is 15.3. The van der Waals surface area contributed by atoms with E-state index in [0.717, 1.165) is 27.8 Å². The first-order valence-electron chi connectivity index (χ1n) is 11.9. The van der Waals surface area contributed by atoms with E-state index in [-0.39, 0.29) is 6.04 Å². The lowest BCUT2D eigenvalue weighted by Crippen LogP contribution is -2.21. The van der Waals surface area contributed by atoms with Crippen LogP contribution in [0.25, 0.3) is 22.2 Å². The van der Waals surface area contributed by atoms with Crippen LogP contribution in [-0.4, -0.2) is 15.7 Å². The van der Waals surface area contributed by atoms with Gasteiger partial charge in [-0.25, -0.2) is 19.4 Å². The number of hydrazone groups is 1. The van der Waals surface area contributed by atoms with Gasteiger partial charge in [-0.15, -0.1) is 0 Å². The summed E-state index contributed by atoms with van der Waals surface area (Å²) >= 11 is 12.8. The van der Waals surface area contributed by atoms with Crippen LogP contribution in [0.1, 0.15) is 29.2 Å². The number of halogens is 3. The summed E-state index contributed by atoms with van der Waals surface area (Å²) in [5, 5.41) is 8.41. The van der Waals surface area contributed by atoms with Crippen molar-refractivity contribution in [2.75, 3.05) is 5.01 Å². The van der Waals surface area contributed by atoms with Crippen molar-refractivity contribution in [2.24, 2.45) is 5.10 Å². The van der Waals surface area contributed by atoms with E-state index < -0.39 is 5.82 Å². The molecule has 1 aromatic heterocycles. The molecule has 4 nitrogen and oxygen atoms in total. The highest BCUT2D eigenvalue weighted by atomic mass is 35.5. The van der Waals surface area contributed by atoms with Crippen molar-refractivity contribution in [2.45, 2.75) is 19.4 Å². The third-order valence-electron chi connectivity index (χ3n) is 6.52. The molecule has 0 radical (unpaired) electrons. The fourth-order valence-electron chi connectivity index (χ4n) is 4.68. The summed E-state index contributed by atoms with van der Waals surface area (Å²) in [4.78, 5) is 9.85. The number of fused-ring (bicyclic) bond motifs is 1. The van der Waals surface area contributed by atoms with Crippen LogP contribution in [0.2, 0.25) is 10.0 Å². The molecule has 0 saturated heterocycles. The average Bonchev–Trinajstić information content (AvgIpc) is 3.33. The van der Waals surface area contributed by atoms with Crippen LogP contribution in [-0.2, 0) is 0 Å². The van der Waals surface area contributed by atoms with Gasteiger partial charge in [-0.3, -0.25) is 0 Å². The van der Waals surface area contributed by atoms with Crippen molar-refractivity contribution in [1.29, 1.82) is 0 Å². The fraction of sp³-hybridized carbons (Fsp3) is 0.100. The Kier molecular flexibility index (Phi) is 6.11. The minimum absolute atomic E-state index is 0.244. The van der Waals surface area contributed by atoms with Crippen molar-refractivity contribution < 1.29 is 4.39 Å². The van der Waals surface area contributed by atoms with E-state index in [1.165, 1.54) is 6.07 Å². The number of aromatic nitrogens is 2. The second-order valence-corrected chi connectivity index (χ2v) is 9.86. The summed E-state index contributed by atoms with van der Waals surface area (Å²) in [6.45, 7) is 2.04. The van der Waals surface area contributed by atoms with E-state index in [0.29, 0.717) is 39.2 Å². The molecule has 1 atom stereocenters. The highest BCUT2D eigenvalue weighted by Gasteiger charge is 2.34. The van der Waals surface area contributed by atoms with Crippen LogP contribution in [0.3, 0.4) is 0 Å². The summed E-state index contributed by atoms with van der Waals surface area (Å²) in [6, 6.07) is 28.2. The molecule has 5 aromatic rings. The summed E-state index contributed by atoms with van der Waals surface area (Å²) in [5.41, 5.74) is 5.44. The Labute approximate surface area is 224 Å². The Morgan fingerprint density at radius 1 is 0.865 bits per heavy atom. The topological polar surface area (TPSA) is 41.4 Å². The lowest BCUT2D eigenvalue weighted by atomic mass is 9.97. The summed E-state index contributed by atoms with van der Waals surface area (Å²) in [6.07, 6.45) is 0.446. The molecule has 0 amide bonds. The predicted molar refractivity (Wildman–Crippen MR) is 149 cm³/mol. The van der Waals surface area contributed by atoms with E-state index in [4.69, 9.17) is 38.3 Å². The first-order valence-corrected chi connectivity index (χ1v) is 12.6. The van der Waals surface area contributed by atoms with Gasteiger partial charge in [-0.05, 0) is 42.8 Å². The molecule has 0 fully saturated rings. The van der Waals surface area contributed by atoms with Crippen molar-refractivity contribution in [1.82, 2.24) is 9.97 Å². The van der Waals surface area contributed by atoms with Crippen molar-refractivity contribution in [3.63, 3.8) is 0 Å². The van der Waals surface area contributed by atoms with E-state index in [1.807, 2.05) is 55.5 Å². The highest BCUT2D eigenvalue weighted by Crippen LogP contribution is 2.39. The van der Waals surface area contributed by atoms with E-state index in [9.17, 15) is 4.39 Å². The monoisotopic (exact) mass is 526 g/mol. The quantitative estimate of drug-likeness (QED) is 0.236. The van der Waals surface area contributed by atoms with E-state index >= 15 is 0 Å². The molecule has 4 aromatic carbocycles. The molecule has 7 heteroatoms. The maximum atomic E-state index is 14.9. The van der Waals surface area contributed by atoms with Crippen LogP contribution < -0.4 is 5.01 Å². The molecule has 182 valence electrons. The number of benzene rings is 4. The molecule has 0 aliphatic carbocycles.